The molecular formula is C7H13BrO2. The smallest absolute Gasteiger partial charge is 0.147 e. The fraction of sp³-hybridized carbons (Fsp3) is 1.00. The molecule has 1 saturated heterocycles. The van der Waals surface area contributed by atoms with Crippen molar-refractivity contribution in [2.45, 2.75) is 30.7 Å². The molecule has 0 spiro atoms. The lowest BCUT2D eigenvalue weighted by molar-refractivity contribution is 0.0447. The van der Waals surface area contributed by atoms with Gasteiger partial charge in [-0.15, -0.1) is 0 Å². The van der Waals surface area contributed by atoms with Gasteiger partial charge in [0.15, 0.2) is 0 Å². The summed E-state index contributed by atoms with van der Waals surface area (Å²) in [6.07, 6.45) is 2.54. The molecule has 2 nitrogen and oxygen atoms in total. The van der Waals surface area contributed by atoms with Crippen LogP contribution in [0.4, 0.5) is 0 Å². The van der Waals surface area contributed by atoms with E-state index in [1.807, 2.05) is 0 Å². The van der Waals surface area contributed by atoms with Crippen LogP contribution in [0.25, 0.3) is 0 Å². The zero-order valence-electron chi connectivity index (χ0n) is 6.18. The van der Waals surface area contributed by atoms with E-state index in [-0.39, 0.29) is 0 Å². The molecule has 0 saturated carbocycles. The largest absolute Gasteiger partial charge is 0.353 e. The van der Waals surface area contributed by atoms with Gasteiger partial charge in [-0.05, 0) is 12.8 Å². The Bertz CT molecular complexity index is 91.6. The van der Waals surface area contributed by atoms with Gasteiger partial charge in [-0.3, -0.25) is 0 Å². The summed E-state index contributed by atoms with van der Waals surface area (Å²) >= 11 is 3.55. The molecule has 1 aliphatic rings. The topological polar surface area (TPSA) is 18.5 Å². The van der Waals surface area contributed by atoms with E-state index in [2.05, 4.69) is 22.9 Å². The molecule has 2 atom stereocenters. The van der Waals surface area contributed by atoms with Crippen molar-refractivity contribution in [2.75, 3.05) is 13.4 Å². The fourth-order valence-electron chi connectivity index (χ4n) is 0.960. The number of ether oxygens (including phenoxy) is 2. The van der Waals surface area contributed by atoms with Crippen LogP contribution in [0.5, 0.6) is 0 Å². The first-order chi connectivity index (χ1) is 4.83. The van der Waals surface area contributed by atoms with Gasteiger partial charge in [0.2, 0.25) is 0 Å². The van der Waals surface area contributed by atoms with E-state index in [1.54, 1.807) is 0 Å². The van der Waals surface area contributed by atoms with E-state index < -0.39 is 0 Å². The molecule has 60 valence electrons. The molecule has 1 aliphatic heterocycles. The maximum Gasteiger partial charge on any atom is 0.147 e. The summed E-state index contributed by atoms with van der Waals surface area (Å²) in [7, 11) is 0. The molecule has 0 aromatic rings. The minimum atomic E-state index is 0.323. The Kier molecular flexibility index (Phi) is 3.66. The van der Waals surface area contributed by atoms with E-state index in [0.29, 0.717) is 17.7 Å². The molecule has 3 heteroatoms. The molecule has 1 rings (SSSR count). The van der Waals surface area contributed by atoms with E-state index in [9.17, 15) is 0 Å². The van der Waals surface area contributed by atoms with E-state index in [0.717, 1.165) is 19.4 Å². The Morgan fingerprint density at radius 3 is 3.00 bits per heavy atom. The third-order valence-corrected chi connectivity index (χ3v) is 2.67. The zero-order chi connectivity index (χ0) is 7.40. The van der Waals surface area contributed by atoms with Gasteiger partial charge in [0.25, 0.3) is 0 Å². The molecule has 0 bridgehead atoms. The van der Waals surface area contributed by atoms with Crippen molar-refractivity contribution >= 4 is 15.9 Å². The summed E-state index contributed by atoms with van der Waals surface area (Å²) < 4.78 is 10.3. The van der Waals surface area contributed by atoms with E-state index in [1.165, 1.54) is 0 Å². The lowest BCUT2D eigenvalue weighted by Crippen LogP contribution is -2.14. The van der Waals surface area contributed by atoms with Crippen molar-refractivity contribution in [1.82, 2.24) is 0 Å². The van der Waals surface area contributed by atoms with Gasteiger partial charge in [-0.2, -0.15) is 0 Å². The highest BCUT2D eigenvalue weighted by atomic mass is 79.9. The Hall–Kier alpha value is 0.400. The third kappa shape index (κ3) is 2.56. The Morgan fingerprint density at radius 2 is 2.50 bits per heavy atom. The second-order valence-corrected chi connectivity index (χ2v) is 3.81. The van der Waals surface area contributed by atoms with Crippen molar-refractivity contribution in [1.29, 1.82) is 0 Å². The normalized spacial score (nSPS) is 28.8. The zero-order valence-corrected chi connectivity index (χ0v) is 7.76. The van der Waals surface area contributed by atoms with Gasteiger partial charge in [-0.1, -0.05) is 22.9 Å². The van der Waals surface area contributed by atoms with Crippen LogP contribution >= 0.6 is 15.9 Å². The summed E-state index contributed by atoms with van der Waals surface area (Å²) in [6, 6.07) is 0. The van der Waals surface area contributed by atoms with Crippen molar-refractivity contribution in [3.05, 3.63) is 0 Å². The molecule has 0 aliphatic carbocycles. The third-order valence-electron chi connectivity index (χ3n) is 1.65. The summed E-state index contributed by atoms with van der Waals surface area (Å²) in [5.74, 6) is 0. The van der Waals surface area contributed by atoms with Gasteiger partial charge in [0, 0.05) is 4.83 Å². The van der Waals surface area contributed by atoms with Crippen LogP contribution in [-0.4, -0.2) is 24.3 Å². The first kappa shape index (κ1) is 8.50. The maximum atomic E-state index is 5.27. The molecule has 1 fully saturated rings. The van der Waals surface area contributed by atoms with E-state index >= 15 is 0 Å². The predicted octanol–water partition coefficient (Wildman–Crippen LogP) is 1.92. The van der Waals surface area contributed by atoms with Crippen molar-refractivity contribution in [3.8, 4) is 0 Å². The minimum absolute atomic E-state index is 0.323. The molecule has 10 heavy (non-hydrogen) atoms. The second-order valence-electron chi connectivity index (χ2n) is 2.52. The van der Waals surface area contributed by atoms with Gasteiger partial charge in [0.1, 0.15) is 6.79 Å². The Morgan fingerprint density at radius 1 is 1.70 bits per heavy atom. The van der Waals surface area contributed by atoms with Crippen molar-refractivity contribution in [2.24, 2.45) is 0 Å². The van der Waals surface area contributed by atoms with Crippen LogP contribution in [0.2, 0.25) is 0 Å². The first-order valence-corrected chi connectivity index (χ1v) is 4.58. The van der Waals surface area contributed by atoms with Crippen LogP contribution in [0.1, 0.15) is 19.8 Å². The average Bonchev–Trinajstić information content (AvgIpc) is 2.40. The standard InChI is InChI=1S/C7H13BrO2/c1-2-6(8)3-7-4-9-5-10-7/h6-7H,2-5H2,1H3. The highest BCUT2D eigenvalue weighted by Gasteiger charge is 2.18. The second kappa shape index (κ2) is 4.31. The van der Waals surface area contributed by atoms with E-state index in [4.69, 9.17) is 9.47 Å². The number of alkyl halides is 1. The van der Waals surface area contributed by atoms with Crippen LogP contribution < -0.4 is 0 Å². The highest BCUT2D eigenvalue weighted by molar-refractivity contribution is 9.09. The molecule has 0 N–H and O–H groups in total. The summed E-state index contributed by atoms with van der Waals surface area (Å²) in [4.78, 5) is 0.583. The lowest BCUT2D eigenvalue weighted by atomic mass is 10.2. The quantitative estimate of drug-likeness (QED) is 0.661. The van der Waals surface area contributed by atoms with Gasteiger partial charge >= 0.3 is 0 Å². The Balaban J connectivity index is 2.11. The minimum Gasteiger partial charge on any atom is -0.353 e. The molecule has 0 amide bonds. The van der Waals surface area contributed by atoms with Crippen LogP contribution in [-0.2, 0) is 9.47 Å². The number of halogens is 1. The van der Waals surface area contributed by atoms with Crippen molar-refractivity contribution < 1.29 is 9.47 Å². The number of hydrogen-bond acceptors (Lipinski definition) is 2. The maximum absolute atomic E-state index is 5.27. The molecule has 0 aromatic heterocycles. The van der Waals surface area contributed by atoms with Crippen LogP contribution in [0.3, 0.4) is 0 Å². The van der Waals surface area contributed by atoms with Gasteiger partial charge < -0.3 is 9.47 Å². The molecule has 0 aromatic carbocycles. The Labute approximate surface area is 70.0 Å². The molecular weight excluding hydrogens is 196 g/mol. The summed E-state index contributed by atoms with van der Waals surface area (Å²) in [5.41, 5.74) is 0. The lowest BCUT2D eigenvalue weighted by Gasteiger charge is -2.10. The van der Waals surface area contributed by atoms with Crippen LogP contribution in [0, 0.1) is 0 Å². The highest BCUT2D eigenvalue weighted by Crippen LogP contribution is 2.16. The summed E-state index contributed by atoms with van der Waals surface area (Å²) in [5, 5.41) is 0. The number of hydrogen-bond donors (Lipinski definition) is 0. The number of rotatable bonds is 3. The monoisotopic (exact) mass is 208 g/mol. The summed E-state index contributed by atoms with van der Waals surface area (Å²) in [6.45, 7) is 3.41. The van der Waals surface area contributed by atoms with Gasteiger partial charge in [0.05, 0.1) is 12.7 Å². The fourth-order valence-corrected chi connectivity index (χ4v) is 1.38. The van der Waals surface area contributed by atoms with Crippen molar-refractivity contribution in [3.63, 3.8) is 0 Å². The molecule has 2 unspecified atom stereocenters. The van der Waals surface area contributed by atoms with Crippen LogP contribution in [0.15, 0.2) is 0 Å². The molecule has 1 heterocycles. The SMILES string of the molecule is CCC(Br)CC1COCO1. The predicted molar refractivity (Wildman–Crippen MR) is 43.3 cm³/mol. The molecule has 0 radical (unpaired) electrons. The first-order valence-electron chi connectivity index (χ1n) is 3.66. The van der Waals surface area contributed by atoms with Gasteiger partial charge in [-0.25, -0.2) is 0 Å². The average molecular weight is 209 g/mol.